The number of ketones is 1. The standard InChI is InChI=1S/C11H8N.C7H9NO.Ir/c1-2-6-10(7-3-1)11-8-4-5-9-12-11;1-5-3-4-7(8-5)6(2)9;/h1-6,8-9H;3-4H,1-2H3,(H,8,9);/q-1;;/p-1. The maximum absolute atomic E-state index is 10.6. The minimum absolute atomic E-state index is 0. The van der Waals surface area contributed by atoms with Gasteiger partial charge in [0.1, 0.15) is 5.78 Å². The Hall–Kier alpha value is -2.03. The molecule has 0 fully saturated rings. The number of nitrogens with zero attached hydrogens (tertiary/aromatic N) is 2. The van der Waals surface area contributed by atoms with Crippen molar-refractivity contribution in [2.75, 3.05) is 0 Å². The average molecular weight is 469 g/mol. The van der Waals surface area contributed by atoms with Gasteiger partial charge in [-0.3, -0.25) is 4.79 Å². The predicted octanol–water partition coefficient (Wildman–Crippen LogP) is 3.70. The number of Topliss-reactive ketones (excluding diaryl/α,β-unsaturated/α-hetero) is 1. The number of aromatic nitrogens is 2. The molecule has 4 heteroatoms. The van der Waals surface area contributed by atoms with E-state index < -0.39 is 0 Å². The SMILES string of the molecule is CC(=O)c1ccc(C)[n-]1.[Ir].[c-]1ccccc1-c1ccccn1. The molecule has 0 aliphatic carbocycles. The van der Waals surface area contributed by atoms with E-state index in [0.29, 0.717) is 5.69 Å². The zero-order chi connectivity index (χ0) is 15.1. The van der Waals surface area contributed by atoms with Crippen LogP contribution in [0.1, 0.15) is 23.1 Å². The van der Waals surface area contributed by atoms with Crippen LogP contribution in [0.3, 0.4) is 0 Å². The zero-order valence-electron chi connectivity index (χ0n) is 12.4. The Labute approximate surface area is 144 Å². The van der Waals surface area contributed by atoms with Gasteiger partial charge in [-0.15, -0.1) is 35.9 Å². The minimum atomic E-state index is 0. The quantitative estimate of drug-likeness (QED) is 0.426. The van der Waals surface area contributed by atoms with Crippen LogP contribution in [0.15, 0.2) is 60.8 Å². The van der Waals surface area contributed by atoms with E-state index in [1.807, 2.05) is 55.5 Å². The van der Waals surface area contributed by atoms with Crippen molar-refractivity contribution < 1.29 is 24.9 Å². The van der Waals surface area contributed by atoms with Crippen LogP contribution in [0.4, 0.5) is 0 Å². The molecular formula is C18H16IrN2O-2. The molecule has 2 aromatic heterocycles. The van der Waals surface area contributed by atoms with E-state index in [1.54, 1.807) is 12.3 Å². The van der Waals surface area contributed by atoms with Gasteiger partial charge in [0.25, 0.3) is 0 Å². The molecule has 0 atom stereocenters. The van der Waals surface area contributed by atoms with E-state index in [9.17, 15) is 4.79 Å². The molecule has 0 saturated carbocycles. The van der Waals surface area contributed by atoms with Crippen LogP contribution in [-0.2, 0) is 20.1 Å². The Bertz CT molecular complexity index is 656. The number of aryl methyl sites for hydroxylation is 1. The van der Waals surface area contributed by atoms with E-state index in [4.69, 9.17) is 0 Å². The molecular weight excluding hydrogens is 452 g/mol. The topological polar surface area (TPSA) is 44.1 Å². The summed E-state index contributed by atoms with van der Waals surface area (Å²) in [4.78, 5) is 18.8. The van der Waals surface area contributed by atoms with Crippen LogP contribution in [-0.4, -0.2) is 10.8 Å². The summed E-state index contributed by atoms with van der Waals surface area (Å²) >= 11 is 0. The van der Waals surface area contributed by atoms with Crippen LogP contribution >= 0.6 is 0 Å². The maximum atomic E-state index is 10.6. The molecule has 3 rings (SSSR count). The molecule has 0 saturated heterocycles. The van der Waals surface area contributed by atoms with Crippen molar-refractivity contribution in [2.24, 2.45) is 0 Å². The molecule has 0 unspecified atom stereocenters. The molecule has 3 aromatic rings. The smallest absolute Gasteiger partial charge is 0.138 e. The van der Waals surface area contributed by atoms with Gasteiger partial charge in [-0.25, -0.2) is 0 Å². The largest absolute Gasteiger partial charge is 0.659 e. The van der Waals surface area contributed by atoms with Crippen molar-refractivity contribution in [3.05, 3.63) is 78.2 Å². The second-order valence-corrected chi connectivity index (χ2v) is 4.52. The van der Waals surface area contributed by atoms with Crippen molar-refractivity contribution in [3.8, 4) is 11.3 Å². The summed E-state index contributed by atoms with van der Waals surface area (Å²) in [5.74, 6) is 0.0306. The Kier molecular flexibility index (Phi) is 7.44. The summed E-state index contributed by atoms with van der Waals surface area (Å²) in [5, 5.41) is 0. The van der Waals surface area contributed by atoms with Gasteiger partial charge in [0.2, 0.25) is 0 Å². The second-order valence-electron chi connectivity index (χ2n) is 4.52. The number of carbonyl (C=O) groups is 1. The summed E-state index contributed by atoms with van der Waals surface area (Å²) in [6.07, 6.45) is 1.79. The predicted molar refractivity (Wildman–Crippen MR) is 83.0 cm³/mol. The van der Waals surface area contributed by atoms with Crippen molar-refractivity contribution in [3.63, 3.8) is 0 Å². The van der Waals surface area contributed by atoms with Gasteiger partial charge in [-0.1, -0.05) is 36.9 Å². The molecule has 1 aromatic carbocycles. The molecule has 22 heavy (non-hydrogen) atoms. The number of benzene rings is 1. The first-order valence-corrected chi connectivity index (χ1v) is 6.66. The second kappa shape index (κ2) is 9.08. The van der Waals surface area contributed by atoms with Gasteiger partial charge >= 0.3 is 0 Å². The van der Waals surface area contributed by atoms with Crippen LogP contribution in [0.2, 0.25) is 0 Å². The Balaban J connectivity index is 0.000000219. The maximum Gasteiger partial charge on any atom is 0.138 e. The molecule has 1 radical (unpaired) electrons. The molecule has 0 aliphatic rings. The third-order valence-electron chi connectivity index (χ3n) is 2.79. The Morgan fingerprint density at radius 2 is 1.86 bits per heavy atom. The molecule has 0 aliphatic heterocycles. The molecule has 3 nitrogen and oxygen atoms in total. The normalized spacial score (nSPS) is 9.18. The van der Waals surface area contributed by atoms with Crippen LogP contribution < -0.4 is 4.98 Å². The molecule has 0 spiro atoms. The van der Waals surface area contributed by atoms with Crippen LogP contribution in [0.5, 0.6) is 0 Å². The van der Waals surface area contributed by atoms with Crippen LogP contribution in [0, 0.1) is 13.0 Å². The molecule has 115 valence electrons. The summed E-state index contributed by atoms with van der Waals surface area (Å²) in [6.45, 7) is 3.38. The zero-order valence-corrected chi connectivity index (χ0v) is 14.8. The molecule has 0 bridgehead atoms. The first-order chi connectivity index (χ1) is 10.2. The fraction of sp³-hybridized carbons (Fsp3) is 0.111. The van der Waals surface area contributed by atoms with Gasteiger partial charge < -0.3 is 9.97 Å². The van der Waals surface area contributed by atoms with Gasteiger partial charge in [-0.2, -0.15) is 5.69 Å². The van der Waals surface area contributed by atoms with E-state index in [1.165, 1.54) is 6.92 Å². The average Bonchev–Trinajstić information content (AvgIpc) is 2.97. The Morgan fingerprint density at radius 1 is 1.09 bits per heavy atom. The third kappa shape index (κ3) is 5.40. The minimum Gasteiger partial charge on any atom is -0.659 e. The van der Waals surface area contributed by atoms with E-state index >= 15 is 0 Å². The van der Waals surface area contributed by atoms with Crippen molar-refractivity contribution >= 4 is 5.78 Å². The van der Waals surface area contributed by atoms with Crippen molar-refractivity contribution in [2.45, 2.75) is 13.8 Å². The van der Waals surface area contributed by atoms with Crippen LogP contribution in [0.25, 0.3) is 11.3 Å². The van der Waals surface area contributed by atoms with E-state index in [2.05, 4.69) is 16.0 Å². The number of rotatable bonds is 2. The van der Waals surface area contributed by atoms with Gasteiger partial charge in [0.05, 0.1) is 0 Å². The van der Waals surface area contributed by atoms with E-state index in [-0.39, 0.29) is 25.9 Å². The Morgan fingerprint density at radius 3 is 2.32 bits per heavy atom. The molecule has 2 heterocycles. The summed E-state index contributed by atoms with van der Waals surface area (Å²) in [7, 11) is 0. The summed E-state index contributed by atoms with van der Waals surface area (Å²) < 4.78 is 0. The van der Waals surface area contributed by atoms with Gasteiger partial charge in [0.15, 0.2) is 0 Å². The number of hydrogen-bond acceptors (Lipinski definition) is 2. The van der Waals surface area contributed by atoms with Gasteiger partial charge in [0, 0.05) is 26.3 Å². The number of hydrogen-bond donors (Lipinski definition) is 0. The summed E-state index contributed by atoms with van der Waals surface area (Å²) in [5.41, 5.74) is 3.48. The van der Waals surface area contributed by atoms with Crippen molar-refractivity contribution in [1.82, 2.24) is 9.97 Å². The van der Waals surface area contributed by atoms with Gasteiger partial charge in [-0.05, 0) is 18.7 Å². The molecule has 0 N–H and O–H groups in total. The number of carbonyl (C=O) groups excluding carboxylic acids is 1. The first kappa shape index (κ1) is 18.0. The first-order valence-electron chi connectivity index (χ1n) is 6.66. The fourth-order valence-electron chi connectivity index (χ4n) is 1.73. The molecule has 0 amide bonds. The number of pyridine rings is 1. The monoisotopic (exact) mass is 469 g/mol. The summed E-state index contributed by atoms with van der Waals surface area (Å²) in [6, 6.07) is 20.4. The van der Waals surface area contributed by atoms with Crippen molar-refractivity contribution in [1.29, 1.82) is 0 Å². The third-order valence-corrected chi connectivity index (χ3v) is 2.79. The fourth-order valence-corrected chi connectivity index (χ4v) is 1.73. The van der Waals surface area contributed by atoms with E-state index in [0.717, 1.165) is 17.0 Å².